The van der Waals surface area contributed by atoms with Crippen molar-refractivity contribution in [1.29, 1.82) is 0 Å². The zero-order chi connectivity index (χ0) is 14.8. The highest BCUT2D eigenvalue weighted by Crippen LogP contribution is 2.27. The summed E-state index contributed by atoms with van der Waals surface area (Å²) < 4.78 is 7.98. The summed E-state index contributed by atoms with van der Waals surface area (Å²) in [6.45, 7) is 0. The van der Waals surface area contributed by atoms with Gasteiger partial charge in [0.2, 0.25) is 5.65 Å². The molecule has 1 saturated carbocycles. The molecule has 0 spiro atoms. The molecule has 4 rings (SSSR count). The molecule has 3 aromatic rings. The van der Waals surface area contributed by atoms with Gasteiger partial charge in [-0.15, -0.1) is 10.2 Å². The zero-order valence-electron chi connectivity index (χ0n) is 12.1. The summed E-state index contributed by atoms with van der Waals surface area (Å²) >= 11 is 0. The van der Waals surface area contributed by atoms with E-state index in [4.69, 9.17) is 4.74 Å². The Hall–Kier alpha value is -2.63. The largest absolute Gasteiger partial charge is 0.488 e. The average Bonchev–Trinajstić information content (AvgIpc) is 3.19. The molecular formula is C16H17N5O. The van der Waals surface area contributed by atoms with Gasteiger partial charge in [-0.05, 0) is 31.4 Å². The number of nitrogens with one attached hydrogen (secondary N) is 1. The van der Waals surface area contributed by atoms with Crippen LogP contribution in [0.1, 0.15) is 19.3 Å². The molecule has 2 atom stereocenters. The minimum atomic E-state index is 0.146. The lowest BCUT2D eigenvalue weighted by atomic mass is 10.2. The normalized spacial score (nSPS) is 21.1. The van der Waals surface area contributed by atoms with Crippen molar-refractivity contribution in [3.63, 3.8) is 0 Å². The van der Waals surface area contributed by atoms with Crippen LogP contribution in [0.3, 0.4) is 0 Å². The summed E-state index contributed by atoms with van der Waals surface area (Å²) in [6.07, 6.45) is 8.66. The lowest BCUT2D eigenvalue weighted by molar-refractivity contribution is 0.198. The lowest BCUT2D eigenvalue weighted by Crippen LogP contribution is -2.33. The summed E-state index contributed by atoms with van der Waals surface area (Å²) in [5.41, 5.74) is 0.743. The predicted octanol–water partition coefficient (Wildman–Crippen LogP) is 2.54. The fraction of sp³-hybridized carbons (Fsp3) is 0.312. The Bertz CT molecular complexity index is 757. The number of hydrogen-bond acceptors (Lipinski definition) is 5. The summed E-state index contributed by atoms with van der Waals surface area (Å²) in [4.78, 5) is 4.39. The van der Waals surface area contributed by atoms with Crippen LogP contribution in [-0.4, -0.2) is 31.7 Å². The molecule has 0 saturated heterocycles. The maximum atomic E-state index is 6.12. The Balaban J connectivity index is 1.53. The number of fused-ring (bicyclic) bond motifs is 1. The predicted molar refractivity (Wildman–Crippen MR) is 82.9 cm³/mol. The molecule has 1 aliphatic rings. The van der Waals surface area contributed by atoms with Crippen LogP contribution in [-0.2, 0) is 0 Å². The van der Waals surface area contributed by atoms with E-state index in [2.05, 4.69) is 20.5 Å². The first-order chi connectivity index (χ1) is 10.9. The molecule has 22 heavy (non-hydrogen) atoms. The van der Waals surface area contributed by atoms with Gasteiger partial charge in [0.1, 0.15) is 18.2 Å². The Labute approximate surface area is 128 Å². The van der Waals surface area contributed by atoms with Crippen molar-refractivity contribution in [1.82, 2.24) is 19.6 Å². The average molecular weight is 295 g/mol. The smallest absolute Gasteiger partial charge is 0.203 e. The zero-order valence-corrected chi connectivity index (χ0v) is 12.1. The first kappa shape index (κ1) is 13.1. The highest BCUT2D eigenvalue weighted by molar-refractivity contribution is 5.62. The Morgan fingerprint density at radius 2 is 2.09 bits per heavy atom. The van der Waals surface area contributed by atoms with Crippen LogP contribution in [0.25, 0.3) is 5.65 Å². The topological polar surface area (TPSA) is 64.3 Å². The van der Waals surface area contributed by atoms with Crippen LogP contribution in [0.15, 0.2) is 49.1 Å². The second-order valence-electron chi connectivity index (χ2n) is 5.49. The van der Waals surface area contributed by atoms with Crippen molar-refractivity contribution < 1.29 is 4.74 Å². The highest BCUT2D eigenvalue weighted by atomic mass is 16.5. The molecular weight excluding hydrogens is 278 g/mol. The molecule has 112 valence electrons. The van der Waals surface area contributed by atoms with E-state index >= 15 is 0 Å². The van der Waals surface area contributed by atoms with E-state index in [0.29, 0.717) is 0 Å². The Kier molecular flexibility index (Phi) is 3.34. The van der Waals surface area contributed by atoms with E-state index < -0.39 is 0 Å². The van der Waals surface area contributed by atoms with Crippen molar-refractivity contribution in [3.05, 3.63) is 49.1 Å². The molecule has 1 N–H and O–H groups in total. The summed E-state index contributed by atoms with van der Waals surface area (Å²) in [6, 6.07) is 10.2. The molecule has 6 nitrogen and oxygen atoms in total. The van der Waals surface area contributed by atoms with Gasteiger partial charge in [0, 0.05) is 12.4 Å². The van der Waals surface area contributed by atoms with E-state index in [1.165, 1.54) is 0 Å². The van der Waals surface area contributed by atoms with Gasteiger partial charge in [0.05, 0.1) is 6.04 Å². The van der Waals surface area contributed by atoms with E-state index in [1.54, 1.807) is 12.5 Å². The third-order valence-electron chi connectivity index (χ3n) is 4.02. The molecule has 0 aliphatic heterocycles. The molecule has 0 bridgehead atoms. The van der Waals surface area contributed by atoms with Crippen molar-refractivity contribution in [2.45, 2.75) is 31.4 Å². The van der Waals surface area contributed by atoms with Gasteiger partial charge in [-0.3, -0.25) is 4.40 Å². The third kappa shape index (κ3) is 2.47. The fourth-order valence-electron chi connectivity index (χ4n) is 2.94. The van der Waals surface area contributed by atoms with Crippen LogP contribution in [0, 0.1) is 0 Å². The van der Waals surface area contributed by atoms with Gasteiger partial charge in [-0.2, -0.15) is 0 Å². The third-order valence-corrected chi connectivity index (χ3v) is 4.02. The van der Waals surface area contributed by atoms with Gasteiger partial charge < -0.3 is 10.1 Å². The Morgan fingerprint density at radius 1 is 1.18 bits per heavy atom. The summed E-state index contributed by atoms with van der Waals surface area (Å²) in [5, 5.41) is 11.5. The monoisotopic (exact) mass is 295 g/mol. The second-order valence-corrected chi connectivity index (χ2v) is 5.49. The Morgan fingerprint density at radius 3 is 3.00 bits per heavy atom. The molecule has 2 aromatic heterocycles. The van der Waals surface area contributed by atoms with E-state index in [0.717, 1.165) is 36.5 Å². The number of hydrogen-bond donors (Lipinski definition) is 1. The highest BCUT2D eigenvalue weighted by Gasteiger charge is 2.29. The molecule has 1 fully saturated rings. The molecule has 1 aliphatic carbocycles. The lowest BCUT2D eigenvalue weighted by Gasteiger charge is -2.22. The van der Waals surface area contributed by atoms with Crippen molar-refractivity contribution in [2.75, 3.05) is 5.32 Å². The number of para-hydroxylation sites is 1. The van der Waals surface area contributed by atoms with Crippen LogP contribution in [0.2, 0.25) is 0 Å². The van der Waals surface area contributed by atoms with Gasteiger partial charge in [-0.25, -0.2) is 4.98 Å². The number of nitrogens with zero attached hydrogens (tertiary/aromatic N) is 4. The van der Waals surface area contributed by atoms with Gasteiger partial charge in [-0.1, -0.05) is 18.2 Å². The van der Waals surface area contributed by atoms with Crippen molar-refractivity contribution in [2.24, 2.45) is 0 Å². The number of ether oxygens (including phenoxy) is 1. The maximum absolute atomic E-state index is 6.12. The molecule has 2 unspecified atom stereocenters. The van der Waals surface area contributed by atoms with E-state index in [1.807, 2.05) is 40.9 Å². The molecule has 2 heterocycles. The fourth-order valence-corrected chi connectivity index (χ4v) is 2.94. The van der Waals surface area contributed by atoms with Gasteiger partial charge >= 0.3 is 0 Å². The summed E-state index contributed by atoms with van der Waals surface area (Å²) in [7, 11) is 0. The first-order valence-electron chi connectivity index (χ1n) is 7.53. The van der Waals surface area contributed by atoms with Crippen LogP contribution in [0.5, 0.6) is 5.75 Å². The van der Waals surface area contributed by atoms with Gasteiger partial charge in [0.15, 0.2) is 5.82 Å². The SMILES string of the molecule is c1ccc(OC2CCCC2Nc2nccn3cnnc23)cc1. The number of anilines is 1. The molecule has 6 heteroatoms. The van der Waals surface area contributed by atoms with E-state index in [9.17, 15) is 0 Å². The van der Waals surface area contributed by atoms with Crippen LogP contribution in [0.4, 0.5) is 5.82 Å². The van der Waals surface area contributed by atoms with E-state index in [-0.39, 0.29) is 12.1 Å². The molecule has 0 radical (unpaired) electrons. The van der Waals surface area contributed by atoms with Crippen molar-refractivity contribution in [3.8, 4) is 5.75 Å². The molecule has 1 aromatic carbocycles. The first-order valence-corrected chi connectivity index (χ1v) is 7.53. The van der Waals surface area contributed by atoms with Crippen LogP contribution >= 0.6 is 0 Å². The standard InChI is InChI=1S/C16H17N5O/c1-2-5-12(6-3-1)22-14-8-4-7-13(14)19-15-16-20-18-11-21(16)10-9-17-15/h1-3,5-6,9-11,13-14H,4,7-8H2,(H,17,19). The minimum Gasteiger partial charge on any atom is -0.488 e. The van der Waals surface area contributed by atoms with Crippen LogP contribution < -0.4 is 10.1 Å². The number of rotatable bonds is 4. The quantitative estimate of drug-likeness (QED) is 0.801. The summed E-state index contributed by atoms with van der Waals surface area (Å²) in [5.74, 6) is 1.67. The van der Waals surface area contributed by atoms with Gasteiger partial charge in [0.25, 0.3) is 0 Å². The second kappa shape index (κ2) is 5.63. The number of benzene rings is 1. The van der Waals surface area contributed by atoms with Crippen molar-refractivity contribution >= 4 is 11.5 Å². The maximum Gasteiger partial charge on any atom is 0.203 e. The minimum absolute atomic E-state index is 0.146. The number of aromatic nitrogens is 4. The molecule has 0 amide bonds.